The van der Waals surface area contributed by atoms with Crippen molar-refractivity contribution in [2.75, 3.05) is 32.9 Å². The number of fused-ring (bicyclic) bond motifs is 1. The zero-order valence-corrected chi connectivity index (χ0v) is 14.2. The summed E-state index contributed by atoms with van der Waals surface area (Å²) in [4.78, 5) is 18.9. The Morgan fingerprint density at radius 1 is 1.42 bits per heavy atom. The van der Waals surface area contributed by atoms with Crippen LogP contribution in [0.5, 0.6) is 0 Å². The number of hydrogen-bond acceptors (Lipinski definition) is 4. The quantitative estimate of drug-likeness (QED) is 0.832. The van der Waals surface area contributed by atoms with Gasteiger partial charge in [0, 0.05) is 44.1 Å². The third kappa shape index (κ3) is 3.33. The largest absolute Gasteiger partial charge is 0.380 e. The lowest BCUT2D eigenvalue weighted by molar-refractivity contribution is -0.147. The van der Waals surface area contributed by atoms with E-state index in [-0.39, 0.29) is 17.4 Å². The molecular formula is C19H26N2O3. The molecular weight excluding hydrogens is 304 g/mol. The lowest BCUT2D eigenvalue weighted by atomic mass is 9.73. The Kier molecular flexibility index (Phi) is 4.55. The summed E-state index contributed by atoms with van der Waals surface area (Å²) in [5, 5.41) is 0. The Labute approximate surface area is 143 Å². The second-order valence-electron chi connectivity index (χ2n) is 7.54. The minimum atomic E-state index is -0.0384. The first-order valence-corrected chi connectivity index (χ1v) is 9.15. The number of carbonyl (C=O) groups is 1. The van der Waals surface area contributed by atoms with Gasteiger partial charge in [-0.25, -0.2) is 0 Å². The van der Waals surface area contributed by atoms with Gasteiger partial charge in [0.2, 0.25) is 0 Å². The first-order valence-electron chi connectivity index (χ1n) is 9.15. The van der Waals surface area contributed by atoms with Crippen LogP contribution in [0.1, 0.15) is 42.5 Å². The molecule has 0 bridgehead atoms. The number of likely N-dealkylation sites (tertiary alicyclic amines) is 1. The maximum Gasteiger partial charge on any atom is 0.255 e. The van der Waals surface area contributed by atoms with Gasteiger partial charge in [-0.15, -0.1) is 0 Å². The molecule has 24 heavy (non-hydrogen) atoms. The molecule has 3 heterocycles. The molecule has 2 saturated heterocycles. The van der Waals surface area contributed by atoms with Crippen molar-refractivity contribution in [1.29, 1.82) is 0 Å². The molecule has 1 saturated carbocycles. The molecule has 0 spiro atoms. The fourth-order valence-electron chi connectivity index (χ4n) is 4.06. The maximum atomic E-state index is 12.8. The summed E-state index contributed by atoms with van der Waals surface area (Å²) < 4.78 is 12.1. The third-order valence-corrected chi connectivity index (χ3v) is 5.62. The van der Waals surface area contributed by atoms with E-state index in [1.54, 1.807) is 12.4 Å². The summed E-state index contributed by atoms with van der Waals surface area (Å²) in [6.07, 6.45) is 9.23. The molecule has 3 aliphatic rings. The molecule has 5 heteroatoms. The van der Waals surface area contributed by atoms with Crippen LogP contribution in [0.15, 0.2) is 24.5 Å². The minimum Gasteiger partial charge on any atom is -0.380 e. The standard InChI is InChI=1S/C19H26N2O3/c22-18(16-3-1-8-20-11-16)21-9-6-17-19(13-21,7-2-10-24-17)14-23-12-15-4-5-15/h1,3,8,11,15,17H,2,4-7,9-10,12-14H2/t17-,19-/m0/s1. The molecule has 1 aromatic rings. The molecule has 1 aliphatic carbocycles. The van der Waals surface area contributed by atoms with Crippen molar-refractivity contribution in [2.45, 2.75) is 38.2 Å². The topological polar surface area (TPSA) is 51.7 Å². The van der Waals surface area contributed by atoms with E-state index in [4.69, 9.17) is 9.47 Å². The second-order valence-corrected chi connectivity index (χ2v) is 7.54. The molecule has 2 atom stereocenters. The van der Waals surface area contributed by atoms with E-state index in [2.05, 4.69) is 4.98 Å². The average molecular weight is 330 g/mol. The summed E-state index contributed by atoms with van der Waals surface area (Å²) in [7, 11) is 0. The summed E-state index contributed by atoms with van der Waals surface area (Å²) in [6, 6.07) is 3.66. The van der Waals surface area contributed by atoms with Gasteiger partial charge in [0.15, 0.2) is 0 Å². The van der Waals surface area contributed by atoms with Gasteiger partial charge >= 0.3 is 0 Å². The monoisotopic (exact) mass is 330 g/mol. The lowest BCUT2D eigenvalue weighted by Crippen LogP contribution is -2.58. The Balaban J connectivity index is 1.46. The summed E-state index contributed by atoms with van der Waals surface area (Å²) in [5.74, 6) is 0.842. The Morgan fingerprint density at radius 2 is 2.33 bits per heavy atom. The molecule has 0 N–H and O–H groups in total. The number of rotatable bonds is 5. The molecule has 1 amide bonds. The van der Waals surface area contributed by atoms with E-state index < -0.39 is 0 Å². The van der Waals surface area contributed by atoms with Crippen molar-refractivity contribution < 1.29 is 14.3 Å². The van der Waals surface area contributed by atoms with Gasteiger partial charge in [-0.3, -0.25) is 9.78 Å². The number of carbonyl (C=O) groups excluding carboxylic acids is 1. The van der Waals surface area contributed by atoms with Crippen LogP contribution >= 0.6 is 0 Å². The van der Waals surface area contributed by atoms with E-state index in [0.717, 1.165) is 51.5 Å². The van der Waals surface area contributed by atoms with Gasteiger partial charge in [0.1, 0.15) is 0 Å². The number of piperidine rings is 1. The minimum absolute atomic E-state index is 0.0384. The van der Waals surface area contributed by atoms with Gasteiger partial charge < -0.3 is 14.4 Å². The molecule has 0 unspecified atom stereocenters. The van der Waals surface area contributed by atoms with E-state index in [1.807, 2.05) is 17.0 Å². The second kappa shape index (κ2) is 6.81. The molecule has 130 valence electrons. The van der Waals surface area contributed by atoms with Crippen LogP contribution in [0.3, 0.4) is 0 Å². The van der Waals surface area contributed by atoms with Gasteiger partial charge in [-0.2, -0.15) is 0 Å². The molecule has 0 aromatic carbocycles. The summed E-state index contributed by atoms with van der Waals surface area (Å²) in [5.41, 5.74) is 0.630. The van der Waals surface area contributed by atoms with Gasteiger partial charge in [0.25, 0.3) is 5.91 Å². The third-order valence-electron chi connectivity index (χ3n) is 5.62. The highest BCUT2D eigenvalue weighted by atomic mass is 16.5. The zero-order valence-electron chi connectivity index (χ0n) is 14.2. The van der Waals surface area contributed by atoms with Crippen LogP contribution < -0.4 is 0 Å². The lowest BCUT2D eigenvalue weighted by Gasteiger charge is -2.50. The fraction of sp³-hybridized carbons (Fsp3) is 0.684. The fourth-order valence-corrected chi connectivity index (χ4v) is 4.06. The zero-order chi connectivity index (χ0) is 16.4. The van der Waals surface area contributed by atoms with E-state index >= 15 is 0 Å². The normalized spacial score (nSPS) is 30.0. The van der Waals surface area contributed by atoms with Crippen LogP contribution in [0.25, 0.3) is 0 Å². The molecule has 5 nitrogen and oxygen atoms in total. The van der Waals surface area contributed by atoms with Crippen molar-refractivity contribution >= 4 is 5.91 Å². The predicted octanol–water partition coefficient (Wildman–Crippen LogP) is 2.52. The predicted molar refractivity (Wildman–Crippen MR) is 89.7 cm³/mol. The maximum absolute atomic E-state index is 12.8. The number of hydrogen-bond donors (Lipinski definition) is 0. The van der Waals surface area contributed by atoms with Crippen molar-refractivity contribution in [2.24, 2.45) is 11.3 Å². The Bertz CT molecular complexity index is 575. The van der Waals surface area contributed by atoms with Crippen LogP contribution in [-0.4, -0.2) is 54.8 Å². The van der Waals surface area contributed by atoms with Crippen molar-refractivity contribution in [1.82, 2.24) is 9.88 Å². The number of ether oxygens (including phenoxy) is 2. The molecule has 3 fully saturated rings. The first-order chi connectivity index (χ1) is 11.8. The van der Waals surface area contributed by atoms with Crippen LogP contribution in [0, 0.1) is 11.3 Å². The number of pyridine rings is 1. The van der Waals surface area contributed by atoms with E-state index in [9.17, 15) is 4.79 Å². The molecule has 0 radical (unpaired) electrons. The van der Waals surface area contributed by atoms with Crippen LogP contribution in [0.4, 0.5) is 0 Å². The summed E-state index contributed by atoms with van der Waals surface area (Å²) in [6.45, 7) is 3.90. The summed E-state index contributed by atoms with van der Waals surface area (Å²) >= 11 is 0. The first kappa shape index (κ1) is 16.0. The van der Waals surface area contributed by atoms with Gasteiger partial charge in [-0.05, 0) is 50.2 Å². The highest BCUT2D eigenvalue weighted by Gasteiger charge is 2.47. The Morgan fingerprint density at radius 3 is 3.12 bits per heavy atom. The number of amides is 1. The number of aromatic nitrogens is 1. The van der Waals surface area contributed by atoms with E-state index in [1.165, 1.54) is 12.8 Å². The van der Waals surface area contributed by atoms with Crippen molar-refractivity contribution in [3.8, 4) is 0 Å². The average Bonchev–Trinajstić information content (AvgIpc) is 3.45. The van der Waals surface area contributed by atoms with Crippen LogP contribution in [-0.2, 0) is 9.47 Å². The highest BCUT2D eigenvalue weighted by Crippen LogP contribution is 2.41. The van der Waals surface area contributed by atoms with Crippen LogP contribution in [0.2, 0.25) is 0 Å². The van der Waals surface area contributed by atoms with Crippen molar-refractivity contribution in [3.05, 3.63) is 30.1 Å². The number of nitrogens with zero attached hydrogens (tertiary/aromatic N) is 2. The molecule has 2 aliphatic heterocycles. The smallest absolute Gasteiger partial charge is 0.255 e. The highest BCUT2D eigenvalue weighted by molar-refractivity contribution is 5.94. The van der Waals surface area contributed by atoms with Gasteiger partial charge in [-0.1, -0.05) is 0 Å². The van der Waals surface area contributed by atoms with E-state index in [0.29, 0.717) is 12.2 Å². The molecule has 4 rings (SSSR count). The van der Waals surface area contributed by atoms with Gasteiger partial charge in [0.05, 0.1) is 18.3 Å². The Hall–Kier alpha value is -1.46. The molecule has 1 aromatic heterocycles. The van der Waals surface area contributed by atoms with Crippen molar-refractivity contribution in [3.63, 3.8) is 0 Å². The SMILES string of the molecule is O=C(c1cccnc1)N1CC[C@@H]2OCCC[C@@]2(COCC2CC2)C1.